The van der Waals surface area contributed by atoms with Crippen molar-refractivity contribution in [2.24, 2.45) is 0 Å². The van der Waals surface area contributed by atoms with E-state index in [0.29, 0.717) is 0 Å². The Morgan fingerprint density at radius 2 is 0.467 bits per heavy atom. The lowest BCUT2D eigenvalue weighted by Gasteiger charge is -2.22. The van der Waals surface area contributed by atoms with Crippen molar-refractivity contribution in [1.82, 2.24) is 0 Å². The number of benzene rings is 12. The lowest BCUT2D eigenvalue weighted by molar-refractivity contribution is 0.567. The first-order valence-electron chi connectivity index (χ1n) is 36.5. The average Bonchev–Trinajstić information content (AvgIpc) is 1.71. The zero-order valence-electron chi connectivity index (χ0n) is 66.2. The van der Waals surface area contributed by atoms with Crippen LogP contribution in [0.1, 0.15) is 61.2 Å². The highest BCUT2D eigenvalue weighted by atomic mass is 32.1. The molecule has 0 aliphatic rings. The maximum absolute atomic E-state index is 5.04. The summed E-state index contributed by atoms with van der Waals surface area (Å²) in [5.41, 5.74) is 31.2. The van der Waals surface area contributed by atoms with E-state index in [2.05, 4.69) is 455 Å². The van der Waals surface area contributed by atoms with Crippen LogP contribution < -0.4 is 34.3 Å². The zero-order chi connectivity index (χ0) is 76.8. The Labute approximate surface area is 645 Å². The van der Waals surface area contributed by atoms with Gasteiger partial charge in [-0.25, -0.2) is 0 Å². The van der Waals surface area contributed by atoms with E-state index in [0.717, 1.165) is 11.4 Å². The van der Waals surface area contributed by atoms with Crippen LogP contribution in [-0.2, 0) is 0 Å². The third kappa shape index (κ3) is 25.5. The number of rotatable bonds is 14. The summed E-state index contributed by atoms with van der Waals surface area (Å²) in [4.78, 5) is 15.3. The maximum atomic E-state index is 5.04. The van der Waals surface area contributed by atoms with Gasteiger partial charge in [-0.15, -0.1) is 0 Å². The molecule has 0 aliphatic heterocycles. The maximum Gasteiger partial charge on any atom is 0.114 e. The highest BCUT2D eigenvalue weighted by molar-refractivity contribution is 7.08. The fourth-order valence-corrected chi connectivity index (χ4v) is 12.1. The van der Waals surface area contributed by atoms with Gasteiger partial charge in [-0.3, -0.25) is 0 Å². The largest absolute Gasteiger partial charge is 0.470 e. The van der Waals surface area contributed by atoms with Crippen LogP contribution in [0.15, 0.2) is 337 Å². The zero-order valence-corrected chi connectivity index (χ0v) is 67.0. The van der Waals surface area contributed by atoms with Crippen molar-refractivity contribution >= 4 is 91.0 Å². The predicted octanol–water partition coefficient (Wildman–Crippen LogP) is 27.2. The fourth-order valence-electron chi connectivity index (χ4n) is 11.5. The van der Waals surface area contributed by atoms with Crippen molar-refractivity contribution in [3.8, 4) is 0 Å². The second kappa shape index (κ2) is 41.1. The summed E-state index contributed by atoms with van der Waals surface area (Å²) in [6.07, 6.45) is 3.42. The smallest absolute Gasteiger partial charge is 0.114 e. The Hall–Kier alpha value is -11.8. The first-order chi connectivity index (χ1) is 51.5. The van der Waals surface area contributed by atoms with Gasteiger partial charge in [-0.2, -0.15) is 11.3 Å². The third-order valence-corrected chi connectivity index (χ3v) is 19.2. The number of para-hydroxylation sites is 2. The Balaban J connectivity index is 0.000000158. The minimum Gasteiger partial charge on any atom is -0.470 e. The molecule has 0 N–H and O–H groups in total. The van der Waals surface area contributed by atoms with Gasteiger partial charge in [0.1, 0.15) is 6.26 Å². The number of thiophene rings is 1. The Morgan fingerprint density at radius 1 is 0.206 bits per heavy atom. The monoisotopic (exact) mass is 1430 g/mol. The SMILES string of the molecule is Cc1ccc(N(C)c2ccc(C)cc2)cc1.Cc1ccc(N(C)c2ccc(C)cc2C)cc1.Cc1ccc(N(C)c2cccc(C)c2)cc1.Cc1ccc(N(C)c2ccccc2)cc1.Cc1ccc(N(C)c2ccoc2)cc1.Cc1ccc(N(C)c2ccsc2)cc1.Cc1cccc(N(C)c2ccccc2)c1. The number of furan rings is 1. The Bertz CT molecular complexity index is 4690. The van der Waals surface area contributed by atoms with Crippen LogP contribution in [-0.4, -0.2) is 49.3 Å². The van der Waals surface area contributed by atoms with Crippen LogP contribution in [0.2, 0.25) is 0 Å². The number of nitrogens with zero attached hydrogens (tertiary/aromatic N) is 7. The Kier molecular flexibility index (Phi) is 31.0. The summed E-state index contributed by atoms with van der Waals surface area (Å²) in [5.74, 6) is 0. The van der Waals surface area contributed by atoms with Crippen LogP contribution in [0.25, 0.3) is 0 Å². The van der Waals surface area contributed by atoms with E-state index in [1.54, 1.807) is 23.9 Å². The molecule has 0 saturated heterocycles. The summed E-state index contributed by atoms with van der Waals surface area (Å²) in [5, 5.41) is 4.25. The first-order valence-corrected chi connectivity index (χ1v) is 37.4. The molecule has 0 fully saturated rings. The molecule has 12 aromatic carbocycles. The van der Waals surface area contributed by atoms with E-state index >= 15 is 0 Å². The van der Waals surface area contributed by atoms with Crippen LogP contribution >= 0.6 is 11.3 Å². The second-order valence-corrected chi connectivity index (χ2v) is 28.1. The van der Waals surface area contributed by atoms with Crippen molar-refractivity contribution in [2.75, 3.05) is 83.6 Å². The molecule has 107 heavy (non-hydrogen) atoms. The molecule has 9 heteroatoms. The summed E-state index contributed by atoms with van der Waals surface area (Å²) in [7, 11) is 14.6. The molecule has 14 rings (SSSR count). The van der Waals surface area contributed by atoms with E-state index in [1.807, 2.05) is 25.2 Å². The summed E-state index contributed by atoms with van der Waals surface area (Å²) in [6, 6.07) is 108. The minimum atomic E-state index is 1.06. The molecule has 0 radical (unpaired) electrons. The van der Waals surface area contributed by atoms with Crippen LogP contribution in [0.5, 0.6) is 0 Å². The molecule has 548 valence electrons. The molecule has 0 saturated carbocycles. The summed E-state index contributed by atoms with van der Waals surface area (Å²) < 4.78 is 5.04. The number of anilines is 14. The van der Waals surface area contributed by atoms with Gasteiger partial charge in [0, 0.05) is 129 Å². The predicted molar refractivity (Wildman–Crippen MR) is 469 cm³/mol. The normalized spacial score (nSPS) is 10.1. The van der Waals surface area contributed by atoms with Crippen molar-refractivity contribution in [3.63, 3.8) is 0 Å². The van der Waals surface area contributed by atoms with Crippen molar-refractivity contribution in [3.05, 3.63) is 394 Å². The van der Waals surface area contributed by atoms with Crippen molar-refractivity contribution in [1.29, 1.82) is 0 Å². The quantitative estimate of drug-likeness (QED) is 0.107. The molecule has 2 heterocycles. The van der Waals surface area contributed by atoms with Crippen LogP contribution in [0.3, 0.4) is 0 Å². The van der Waals surface area contributed by atoms with Gasteiger partial charge in [0.25, 0.3) is 0 Å². The van der Waals surface area contributed by atoms with Gasteiger partial charge >= 0.3 is 0 Å². The van der Waals surface area contributed by atoms with E-state index in [4.69, 9.17) is 4.42 Å². The van der Waals surface area contributed by atoms with E-state index in [9.17, 15) is 0 Å². The molecule has 0 spiro atoms. The molecule has 0 aliphatic carbocycles. The standard InChI is InChI=1S/C16H19N.2C15H17N.2C14H15N.C12H13NO.C12H13NS/c1-12-5-8-15(9-6-12)17(4)16-10-7-13(2)11-14(16)3;1-12-4-8-14(9-5-12)16(3)15-10-6-13(2)7-11-15;1-12-7-9-14(10-8-12)16(3)15-6-4-5-13(2)11-15;1-12-7-6-10-14(11-12)15(2)13-8-4-3-5-9-13;1-12-8-10-14(11-9-12)15(2)13-6-4-3-5-7-13;2*1-10-3-5-11(6-4-10)13(2)12-7-8-14-9-12/h5-11H,1-4H3;2*4-11H,1-3H3;2*3-11H,1-2H3;2*3-9H,1-2H3. The van der Waals surface area contributed by atoms with E-state index < -0.39 is 0 Å². The van der Waals surface area contributed by atoms with Gasteiger partial charge < -0.3 is 38.7 Å². The third-order valence-electron chi connectivity index (χ3n) is 18.5. The van der Waals surface area contributed by atoms with Crippen LogP contribution in [0, 0.1) is 76.2 Å². The lowest BCUT2D eigenvalue weighted by Crippen LogP contribution is -2.10. The summed E-state index contributed by atoms with van der Waals surface area (Å²) >= 11 is 1.72. The van der Waals surface area contributed by atoms with E-state index in [-0.39, 0.29) is 0 Å². The number of hydrogen-bond acceptors (Lipinski definition) is 9. The fraction of sp³-hybridized carbons (Fsp3) is 0.184. The number of aryl methyl sites for hydroxylation is 11. The van der Waals surface area contributed by atoms with Gasteiger partial charge in [0.2, 0.25) is 0 Å². The highest BCUT2D eigenvalue weighted by Gasteiger charge is 2.10. The molecular formula is C98H109N7OS. The molecule has 8 nitrogen and oxygen atoms in total. The highest BCUT2D eigenvalue weighted by Crippen LogP contribution is 2.32. The number of hydrogen-bond donors (Lipinski definition) is 0. The van der Waals surface area contributed by atoms with Gasteiger partial charge in [0.15, 0.2) is 0 Å². The second-order valence-electron chi connectivity index (χ2n) is 27.4. The first kappa shape index (κ1) is 80.9. The molecule has 14 aromatic rings. The van der Waals surface area contributed by atoms with Gasteiger partial charge in [-0.05, 0) is 244 Å². The van der Waals surface area contributed by atoms with E-state index in [1.165, 1.54) is 129 Å². The van der Waals surface area contributed by atoms with Gasteiger partial charge in [0.05, 0.1) is 17.6 Å². The molecule has 0 amide bonds. The molecule has 0 bridgehead atoms. The molecule has 0 unspecified atom stereocenters. The van der Waals surface area contributed by atoms with Crippen LogP contribution in [0.4, 0.5) is 79.6 Å². The molecule has 0 atom stereocenters. The topological polar surface area (TPSA) is 35.8 Å². The van der Waals surface area contributed by atoms with Crippen molar-refractivity contribution in [2.45, 2.75) is 76.2 Å². The molecular weight excluding hydrogens is 1320 g/mol. The summed E-state index contributed by atoms with van der Waals surface area (Å²) in [6.45, 7) is 23.2. The Morgan fingerprint density at radius 3 is 0.748 bits per heavy atom. The van der Waals surface area contributed by atoms with Gasteiger partial charge in [-0.1, -0.05) is 202 Å². The molecule has 2 aromatic heterocycles. The average molecular weight is 1430 g/mol. The lowest BCUT2D eigenvalue weighted by atomic mass is 10.1. The van der Waals surface area contributed by atoms with Crippen molar-refractivity contribution < 1.29 is 4.42 Å². The minimum absolute atomic E-state index is 1.06.